The van der Waals surface area contributed by atoms with Crippen LogP contribution in [-0.2, 0) is 9.31 Å². The molecule has 0 saturated carbocycles. The van der Waals surface area contributed by atoms with Crippen LogP contribution in [0.1, 0.15) is 73.4 Å². The van der Waals surface area contributed by atoms with Crippen molar-refractivity contribution in [1.82, 2.24) is 0 Å². The standard InChI is InChI=1S/C15H20BFO3.C9H10BFO3/c1-9-12(7-11(10(2)18)8-13(9)17)16-19-14(3,4)15(5,6)20-16;1-5-8(10(13)14)3-7(6(2)12)4-9(5)11/h7-8H,1-6H3;3-4,13-14H,1-2H3. The summed E-state index contributed by atoms with van der Waals surface area (Å²) in [4.78, 5) is 22.4. The van der Waals surface area contributed by atoms with Gasteiger partial charge in [0.1, 0.15) is 11.6 Å². The Bertz CT molecular complexity index is 1100. The van der Waals surface area contributed by atoms with Gasteiger partial charge >= 0.3 is 14.2 Å². The molecule has 6 nitrogen and oxygen atoms in total. The Kier molecular flexibility index (Phi) is 8.25. The quantitative estimate of drug-likeness (QED) is 0.523. The van der Waals surface area contributed by atoms with Crippen LogP contribution >= 0.6 is 0 Å². The first kappa shape index (κ1) is 27.9. The number of halogens is 2. The van der Waals surface area contributed by atoms with E-state index >= 15 is 0 Å². The Morgan fingerprint density at radius 2 is 1.24 bits per heavy atom. The van der Waals surface area contributed by atoms with Gasteiger partial charge in [0.25, 0.3) is 0 Å². The number of hydrogen-bond donors (Lipinski definition) is 2. The minimum atomic E-state index is -1.76. The molecule has 34 heavy (non-hydrogen) atoms. The maximum Gasteiger partial charge on any atom is 0.495 e. The lowest BCUT2D eigenvalue weighted by atomic mass is 9.75. The average molecular weight is 474 g/mol. The SMILES string of the molecule is CC(=O)c1cc(F)c(C)c(B(O)O)c1.CC(=O)c1cc(F)c(C)c(B2OC(C)(C)C(C)(C)O2)c1. The predicted octanol–water partition coefficient (Wildman–Crippen LogP) is 2.65. The van der Waals surface area contributed by atoms with Crippen molar-refractivity contribution in [2.75, 3.05) is 0 Å². The summed E-state index contributed by atoms with van der Waals surface area (Å²) in [7, 11) is -2.42. The van der Waals surface area contributed by atoms with Gasteiger partial charge in [0.15, 0.2) is 11.6 Å². The van der Waals surface area contributed by atoms with Crippen molar-refractivity contribution in [2.45, 2.75) is 66.6 Å². The van der Waals surface area contributed by atoms with Crippen LogP contribution in [0.5, 0.6) is 0 Å². The third kappa shape index (κ3) is 5.81. The Hall–Kier alpha value is -2.39. The minimum Gasteiger partial charge on any atom is -0.423 e. The summed E-state index contributed by atoms with van der Waals surface area (Å²) in [6.45, 7) is 13.5. The number of rotatable bonds is 4. The zero-order valence-electron chi connectivity index (χ0n) is 20.7. The first-order valence-corrected chi connectivity index (χ1v) is 10.8. The molecule has 0 radical (unpaired) electrons. The van der Waals surface area contributed by atoms with Gasteiger partial charge in [0.2, 0.25) is 0 Å². The minimum absolute atomic E-state index is 0.0233. The highest BCUT2D eigenvalue weighted by Gasteiger charge is 2.52. The van der Waals surface area contributed by atoms with Crippen LogP contribution in [0.3, 0.4) is 0 Å². The predicted molar refractivity (Wildman–Crippen MR) is 128 cm³/mol. The van der Waals surface area contributed by atoms with E-state index in [1.807, 2.05) is 27.7 Å². The number of carbonyl (C=O) groups is 2. The molecule has 1 heterocycles. The van der Waals surface area contributed by atoms with Crippen LogP contribution in [0.2, 0.25) is 0 Å². The van der Waals surface area contributed by atoms with Crippen LogP contribution in [0.4, 0.5) is 8.78 Å². The van der Waals surface area contributed by atoms with Crippen molar-refractivity contribution in [3.05, 3.63) is 58.2 Å². The molecule has 2 N–H and O–H groups in total. The molecule has 10 heteroatoms. The van der Waals surface area contributed by atoms with Gasteiger partial charge in [-0.2, -0.15) is 0 Å². The molecule has 182 valence electrons. The summed E-state index contributed by atoms with van der Waals surface area (Å²) in [5.41, 5.74) is 0.677. The zero-order valence-corrected chi connectivity index (χ0v) is 20.7. The van der Waals surface area contributed by atoms with E-state index in [0.29, 0.717) is 16.6 Å². The summed E-state index contributed by atoms with van der Waals surface area (Å²) < 4.78 is 39.0. The number of ketones is 2. The van der Waals surface area contributed by atoms with Crippen molar-refractivity contribution in [1.29, 1.82) is 0 Å². The lowest BCUT2D eigenvalue weighted by Crippen LogP contribution is -2.41. The molecule has 1 saturated heterocycles. The smallest absolute Gasteiger partial charge is 0.423 e. The summed E-state index contributed by atoms with van der Waals surface area (Å²) in [5.74, 6) is -1.52. The first-order chi connectivity index (χ1) is 15.5. The van der Waals surface area contributed by atoms with Gasteiger partial charge in [0.05, 0.1) is 11.2 Å². The molecule has 2 aromatic rings. The van der Waals surface area contributed by atoms with Crippen molar-refractivity contribution >= 4 is 36.7 Å². The highest BCUT2D eigenvalue weighted by molar-refractivity contribution is 6.62. The lowest BCUT2D eigenvalue weighted by Gasteiger charge is -2.32. The number of Topliss-reactive ketones (excluding diaryl/α,β-unsaturated/α-hetero) is 2. The molecule has 3 rings (SSSR count). The highest BCUT2D eigenvalue weighted by Crippen LogP contribution is 2.36. The van der Waals surface area contributed by atoms with Gasteiger partial charge in [-0.05, 0) is 89.6 Å². The maximum atomic E-state index is 14.0. The number of carbonyl (C=O) groups excluding carboxylic acids is 2. The Labute approximate surface area is 199 Å². The number of hydrogen-bond acceptors (Lipinski definition) is 6. The van der Waals surface area contributed by atoms with Gasteiger partial charge in [-0.3, -0.25) is 9.59 Å². The molecule has 0 spiro atoms. The highest BCUT2D eigenvalue weighted by atomic mass is 19.1. The van der Waals surface area contributed by atoms with E-state index in [-0.39, 0.29) is 28.2 Å². The normalized spacial score (nSPS) is 16.1. The summed E-state index contributed by atoms with van der Waals surface area (Å²) in [6.07, 6.45) is 0. The van der Waals surface area contributed by atoms with Crippen LogP contribution in [0.15, 0.2) is 24.3 Å². The lowest BCUT2D eigenvalue weighted by molar-refractivity contribution is 0.00578. The fourth-order valence-electron chi connectivity index (χ4n) is 3.29. The Morgan fingerprint density at radius 1 is 0.824 bits per heavy atom. The molecule has 1 aliphatic heterocycles. The van der Waals surface area contributed by atoms with E-state index in [4.69, 9.17) is 19.4 Å². The van der Waals surface area contributed by atoms with Crippen molar-refractivity contribution in [3.8, 4) is 0 Å². The van der Waals surface area contributed by atoms with Gasteiger partial charge in [-0.25, -0.2) is 8.78 Å². The molecule has 0 aromatic heterocycles. The molecule has 0 atom stereocenters. The summed E-state index contributed by atoms with van der Waals surface area (Å²) >= 11 is 0. The monoisotopic (exact) mass is 474 g/mol. The van der Waals surface area contributed by atoms with Crippen molar-refractivity contribution in [2.24, 2.45) is 0 Å². The molecular weight excluding hydrogens is 444 g/mol. The molecule has 1 aliphatic rings. The molecule has 0 bridgehead atoms. The van der Waals surface area contributed by atoms with Crippen molar-refractivity contribution < 1.29 is 37.7 Å². The third-order valence-electron chi connectivity index (χ3n) is 6.37. The molecular formula is C24H30B2F2O6. The second-order valence-corrected chi connectivity index (χ2v) is 9.42. The number of benzene rings is 2. The van der Waals surface area contributed by atoms with Crippen LogP contribution in [0.25, 0.3) is 0 Å². The van der Waals surface area contributed by atoms with Gasteiger partial charge < -0.3 is 19.4 Å². The van der Waals surface area contributed by atoms with Gasteiger partial charge in [-0.1, -0.05) is 12.1 Å². The second kappa shape index (κ2) is 10.1. The van der Waals surface area contributed by atoms with E-state index < -0.39 is 37.1 Å². The fraction of sp³-hybridized carbons (Fsp3) is 0.417. The molecule has 0 unspecified atom stereocenters. The zero-order chi connectivity index (χ0) is 26.2. The fourth-order valence-corrected chi connectivity index (χ4v) is 3.29. The maximum absolute atomic E-state index is 14.0. The average Bonchev–Trinajstić information content (AvgIpc) is 2.92. The van der Waals surface area contributed by atoms with E-state index in [1.165, 1.54) is 32.9 Å². The van der Waals surface area contributed by atoms with Crippen LogP contribution in [-0.4, -0.2) is 47.1 Å². The topological polar surface area (TPSA) is 93.1 Å². The Morgan fingerprint density at radius 3 is 1.65 bits per heavy atom. The van der Waals surface area contributed by atoms with E-state index in [9.17, 15) is 18.4 Å². The Balaban J connectivity index is 0.000000257. The largest absolute Gasteiger partial charge is 0.495 e. The summed E-state index contributed by atoms with van der Waals surface area (Å²) in [5, 5.41) is 17.8. The van der Waals surface area contributed by atoms with Crippen LogP contribution in [0, 0.1) is 25.5 Å². The summed E-state index contributed by atoms with van der Waals surface area (Å²) in [6, 6.07) is 5.28. The molecule has 1 fully saturated rings. The van der Waals surface area contributed by atoms with Crippen molar-refractivity contribution in [3.63, 3.8) is 0 Å². The van der Waals surface area contributed by atoms with E-state index in [1.54, 1.807) is 13.0 Å². The van der Waals surface area contributed by atoms with Gasteiger partial charge in [0, 0.05) is 11.1 Å². The molecule has 0 aliphatic carbocycles. The molecule has 0 amide bonds. The van der Waals surface area contributed by atoms with E-state index in [2.05, 4.69) is 0 Å². The third-order valence-corrected chi connectivity index (χ3v) is 6.37. The van der Waals surface area contributed by atoms with E-state index in [0.717, 1.165) is 6.07 Å². The molecule has 2 aromatic carbocycles. The first-order valence-electron chi connectivity index (χ1n) is 10.8. The van der Waals surface area contributed by atoms with Gasteiger partial charge in [-0.15, -0.1) is 0 Å². The second-order valence-electron chi connectivity index (χ2n) is 9.42. The van der Waals surface area contributed by atoms with Crippen LogP contribution < -0.4 is 10.9 Å².